The maximum Gasteiger partial charge on any atom is 0.308 e. The summed E-state index contributed by atoms with van der Waals surface area (Å²) in [6, 6.07) is 7.64. The van der Waals surface area contributed by atoms with Crippen molar-refractivity contribution in [3.05, 3.63) is 65.9 Å². The number of carbonyl (C=O) groups excluding carboxylic acids is 2. The van der Waals surface area contributed by atoms with E-state index in [2.05, 4.69) is 20.6 Å². The first kappa shape index (κ1) is 31.1. The van der Waals surface area contributed by atoms with Crippen LogP contribution in [0.5, 0.6) is 0 Å². The van der Waals surface area contributed by atoms with Crippen LogP contribution in [0.1, 0.15) is 44.7 Å². The molecular formula is C26H28N4O6S4. The molecular weight excluding hydrogens is 593 g/mol. The van der Waals surface area contributed by atoms with Crippen LogP contribution >= 0.6 is 45.3 Å². The molecule has 4 heterocycles. The highest BCUT2D eigenvalue weighted by molar-refractivity contribution is 7.14. The molecule has 0 aliphatic heterocycles. The number of hydrogen-bond acceptors (Lipinski definition) is 10. The molecule has 2 amide bonds. The van der Waals surface area contributed by atoms with Crippen LogP contribution in [0.4, 0.5) is 10.3 Å². The molecule has 4 aromatic heterocycles. The van der Waals surface area contributed by atoms with E-state index in [4.69, 9.17) is 10.2 Å². The zero-order chi connectivity index (χ0) is 29.1. The number of carbonyl (C=O) groups is 4. The number of hydrogen-bond donors (Lipinski definition) is 4. The van der Waals surface area contributed by atoms with Gasteiger partial charge in [-0.05, 0) is 49.9 Å². The Bertz CT molecular complexity index is 1240. The molecule has 0 spiro atoms. The summed E-state index contributed by atoms with van der Waals surface area (Å²) < 4.78 is 0. The molecule has 0 bridgehead atoms. The molecule has 0 saturated carbocycles. The molecule has 10 nitrogen and oxygen atoms in total. The first-order valence-corrected chi connectivity index (χ1v) is 15.5. The fourth-order valence-corrected chi connectivity index (χ4v) is 6.96. The lowest BCUT2D eigenvalue weighted by Crippen LogP contribution is -2.05. The second-order valence-corrected chi connectivity index (χ2v) is 12.7. The summed E-state index contributed by atoms with van der Waals surface area (Å²) in [7, 11) is 0. The van der Waals surface area contributed by atoms with Gasteiger partial charge in [-0.2, -0.15) is 0 Å². The number of carboxylic acids is 2. The van der Waals surface area contributed by atoms with E-state index in [9.17, 15) is 19.2 Å². The van der Waals surface area contributed by atoms with Crippen LogP contribution in [-0.2, 0) is 57.7 Å². The predicted molar refractivity (Wildman–Crippen MR) is 159 cm³/mol. The molecule has 0 aliphatic carbocycles. The normalized spacial score (nSPS) is 10.4. The minimum absolute atomic E-state index is 0.0774. The van der Waals surface area contributed by atoms with Gasteiger partial charge in [0.1, 0.15) is 0 Å². The highest BCUT2D eigenvalue weighted by Gasteiger charge is 2.09. The van der Waals surface area contributed by atoms with Gasteiger partial charge in [0.25, 0.3) is 0 Å². The molecule has 0 atom stereocenters. The second-order valence-electron chi connectivity index (χ2n) is 8.53. The number of thiophene rings is 2. The number of thiazole rings is 2. The van der Waals surface area contributed by atoms with Gasteiger partial charge in [-0.25, -0.2) is 9.97 Å². The SMILES string of the molecule is CC(=O)Nc1nc(CCc2ccc(CC(=O)O)s2)cs1.CC(=O)Nc1nc(CCc2ccc(CC(=O)O)s2)cs1. The van der Waals surface area contributed by atoms with Crippen molar-refractivity contribution in [3.8, 4) is 0 Å². The van der Waals surface area contributed by atoms with Crippen molar-refractivity contribution in [2.75, 3.05) is 10.6 Å². The molecule has 212 valence electrons. The van der Waals surface area contributed by atoms with Crippen LogP contribution < -0.4 is 10.6 Å². The molecule has 4 N–H and O–H groups in total. The topological polar surface area (TPSA) is 159 Å². The number of aliphatic carboxylic acids is 2. The summed E-state index contributed by atoms with van der Waals surface area (Å²) in [5, 5.41) is 27.8. The second kappa shape index (κ2) is 15.4. The molecule has 0 radical (unpaired) electrons. The molecule has 14 heteroatoms. The van der Waals surface area contributed by atoms with Crippen LogP contribution in [0.3, 0.4) is 0 Å². The van der Waals surface area contributed by atoms with E-state index in [1.807, 2.05) is 35.0 Å². The van der Waals surface area contributed by atoms with Gasteiger partial charge in [-0.15, -0.1) is 45.3 Å². The maximum absolute atomic E-state index is 10.9. The minimum atomic E-state index is -0.808. The molecule has 0 saturated heterocycles. The van der Waals surface area contributed by atoms with E-state index in [0.717, 1.165) is 56.6 Å². The zero-order valence-corrected chi connectivity index (χ0v) is 25.0. The Balaban J connectivity index is 0.000000220. The standard InChI is InChI=1S/2C13H14N2O3S2/c2*1-8(16)14-13-15-9(7-19-13)2-3-10-4-5-11(20-10)6-12(17)18/h2*4-5,7H,2-3,6H2,1H3,(H,17,18)(H,14,15,16). The number of rotatable bonds is 12. The highest BCUT2D eigenvalue weighted by atomic mass is 32.1. The molecule has 4 aromatic rings. The van der Waals surface area contributed by atoms with E-state index in [-0.39, 0.29) is 24.7 Å². The van der Waals surface area contributed by atoms with Gasteiger partial charge in [-0.1, -0.05) is 0 Å². The van der Waals surface area contributed by atoms with Gasteiger partial charge >= 0.3 is 11.9 Å². The van der Waals surface area contributed by atoms with Crippen LogP contribution in [0.2, 0.25) is 0 Å². The average Bonchev–Trinajstić information content (AvgIpc) is 3.65. The lowest BCUT2D eigenvalue weighted by Gasteiger charge is -1.95. The molecule has 4 rings (SSSR count). The maximum atomic E-state index is 10.9. The van der Waals surface area contributed by atoms with E-state index < -0.39 is 11.9 Å². The van der Waals surface area contributed by atoms with Crippen LogP contribution in [0.25, 0.3) is 0 Å². The van der Waals surface area contributed by atoms with Gasteiger partial charge in [0.05, 0.1) is 24.2 Å². The van der Waals surface area contributed by atoms with Crippen molar-refractivity contribution >= 4 is 79.4 Å². The van der Waals surface area contributed by atoms with Gasteiger partial charge in [0.15, 0.2) is 10.3 Å². The van der Waals surface area contributed by atoms with Crippen LogP contribution in [0, 0.1) is 0 Å². The molecule has 0 unspecified atom stereocenters. The highest BCUT2D eigenvalue weighted by Crippen LogP contribution is 2.22. The molecule has 40 heavy (non-hydrogen) atoms. The number of anilines is 2. The number of aryl methyl sites for hydroxylation is 4. The Labute approximate surface area is 246 Å². The van der Waals surface area contributed by atoms with Crippen molar-refractivity contribution in [2.45, 2.75) is 52.4 Å². The predicted octanol–water partition coefficient (Wildman–Crippen LogP) is 5.15. The monoisotopic (exact) mass is 620 g/mol. The van der Waals surface area contributed by atoms with Crippen molar-refractivity contribution < 1.29 is 29.4 Å². The summed E-state index contributed by atoms with van der Waals surface area (Å²) in [5.41, 5.74) is 1.87. The number of aromatic nitrogens is 2. The Kier molecular flexibility index (Phi) is 11.9. The summed E-state index contributed by atoms with van der Waals surface area (Å²) in [4.78, 5) is 55.7. The average molecular weight is 621 g/mol. The lowest BCUT2D eigenvalue weighted by molar-refractivity contribution is -0.137. The minimum Gasteiger partial charge on any atom is -0.481 e. The van der Waals surface area contributed by atoms with Gasteiger partial charge in [-0.3, -0.25) is 19.2 Å². The number of nitrogens with one attached hydrogen (secondary N) is 2. The first-order chi connectivity index (χ1) is 19.0. The summed E-state index contributed by atoms with van der Waals surface area (Å²) in [6.07, 6.45) is 3.37. The van der Waals surface area contributed by atoms with E-state index in [1.54, 1.807) is 0 Å². The van der Waals surface area contributed by atoms with Gasteiger partial charge < -0.3 is 20.8 Å². The lowest BCUT2D eigenvalue weighted by atomic mass is 10.2. The van der Waals surface area contributed by atoms with E-state index in [0.29, 0.717) is 10.3 Å². The van der Waals surface area contributed by atoms with Crippen LogP contribution in [-0.4, -0.2) is 43.9 Å². The van der Waals surface area contributed by atoms with Crippen molar-refractivity contribution in [1.82, 2.24) is 9.97 Å². The third-order valence-corrected chi connectivity index (χ3v) is 8.91. The Morgan fingerprint density at radius 2 is 1.02 bits per heavy atom. The van der Waals surface area contributed by atoms with Gasteiger partial charge in [0, 0.05) is 44.1 Å². The fourth-order valence-electron chi connectivity index (χ4n) is 3.36. The summed E-state index contributed by atoms with van der Waals surface area (Å²) in [5.74, 6) is -1.86. The Hall–Kier alpha value is -3.46. The quantitative estimate of drug-likeness (QED) is 0.169. The first-order valence-electron chi connectivity index (χ1n) is 12.1. The summed E-state index contributed by atoms with van der Waals surface area (Å²) in [6.45, 7) is 2.91. The van der Waals surface area contributed by atoms with Crippen LogP contribution in [0.15, 0.2) is 35.0 Å². The van der Waals surface area contributed by atoms with Crippen molar-refractivity contribution in [1.29, 1.82) is 0 Å². The Morgan fingerprint density at radius 3 is 1.38 bits per heavy atom. The third kappa shape index (κ3) is 11.3. The van der Waals surface area contributed by atoms with Gasteiger partial charge in [0.2, 0.25) is 11.8 Å². The van der Waals surface area contributed by atoms with E-state index in [1.165, 1.54) is 59.2 Å². The zero-order valence-electron chi connectivity index (χ0n) is 21.8. The number of nitrogens with zero attached hydrogens (tertiary/aromatic N) is 2. The molecule has 0 aromatic carbocycles. The molecule has 0 aliphatic rings. The van der Waals surface area contributed by atoms with E-state index >= 15 is 0 Å². The fraction of sp³-hybridized carbons (Fsp3) is 0.308. The largest absolute Gasteiger partial charge is 0.481 e. The number of carboxylic acid groups (broad SMARTS) is 2. The third-order valence-electron chi connectivity index (χ3n) is 5.01. The summed E-state index contributed by atoms with van der Waals surface area (Å²) >= 11 is 5.86. The number of amides is 2. The van der Waals surface area contributed by atoms with Crippen molar-refractivity contribution in [2.24, 2.45) is 0 Å². The Morgan fingerprint density at radius 1 is 0.650 bits per heavy atom. The van der Waals surface area contributed by atoms with Crippen molar-refractivity contribution in [3.63, 3.8) is 0 Å². The smallest absolute Gasteiger partial charge is 0.308 e. The molecule has 0 fully saturated rings.